The Morgan fingerprint density at radius 3 is 2.54 bits per heavy atom. The number of piperidine rings is 1. The second-order valence-corrected chi connectivity index (χ2v) is 6.46. The van der Waals surface area contributed by atoms with Gasteiger partial charge in [-0.2, -0.15) is 5.10 Å². The second-order valence-electron chi connectivity index (χ2n) is 6.10. The van der Waals surface area contributed by atoms with Crippen LogP contribution < -0.4 is 4.90 Å². The van der Waals surface area contributed by atoms with Gasteiger partial charge in [0.1, 0.15) is 0 Å². The summed E-state index contributed by atoms with van der Waals surface area (Å²) in [5.74, 6) is 0.671. The number of rotatable bonds is 5. The largest absolute Gasteiger partial charge is 0.369 e. The van der Waals surface area contributed by atoms with Crippen molar-refractivity contribution in [1.29, 1.82) is 0 Å². The monoisotopic (exact) mass is 346 g/mol. The fraction of sp³-hybridized carbons (Fsp3) is 0.412. The van der Waals surface area contributed by atoms with Gasteiger partial charge < -0.3 is 4.90 Å². The molecular formula is C17H19ClN4O2. The van der Waals surface area contributed by atoms with Crippen LogP contribution in [0.15, 0.2) is 36.5 Å². The average Bonchev–Trinajstić information content (AvgIpc) is 2.61. The zero-order chi connectivity index (χ0) is 16.9. The molecule has 6 nitrogen and oxygen atoms in total. The van der Waals surface area contributed by atoms with E-state index in [1.54, 1.807) is 18.3 Å². The van der Waals surface area contributed by atoms with E-state index < -0.39 is 0 Å². The molecule has 1 fully saturated rings. The van der Waals surface area contributed by atoms with Crippen molar-refractivity contribution in [3.05, 3.63) is 57.4 Å². The summed E-state index contributed by atoms with van der Waals surface area (Å²) in [4.78, 5) is 12.6. The fourth-order valence-electron chi connectivity index (χ4n) is 3.16. The Bertz CT molecular complexity index is 700. The maximum absolute atomic E-state index is 10.7. The van der Waals surface area contributed by atoms with Gasteiger partial charge >= 0.3 is 0 Å². The van der Waals surface area contributed by atoms with E-state index in [1.807, 2.05) is 18.2 Å². The van der Waals surface area contributed by atoms with E-state index in [2.05, 4.69) is 15.1 Å². The molecule has 3 rings (SSSR count). The molecular weight excluding hydrogens is 328 g/mol. The van der Waals surface area contributed by atoms with E-state index in [9.17, 15) is 10.1 Å². The highest BCUT2D eigenvalue weighted by Gasteiger charge is 2.21. The molecule has 2 heterocycles. The van der Waals surface area contributed by atoms with Crippen molar-refractivity contribution in [3.63, 3.8) is 0 Å². The lowest BCUT2D eigenvalue weighted by molar-refractivity contribution is -0.384. The molecule has 7 heteroatoms. The zero-order valence-electron chi connectivity index (χ0n) is 13.3. The molecule has 1 saturated heterocycles. The first-order valence-electron chi connectivity index (χ1n) is 8.09. The van der Waals surface area contributed by atoms with Crippen LogP contribution in [0.1, 0.15) is 24.8 Å². The summed E-state index contributed by atoms with van der Waals surface area (Å²) in [5, 5.41) is 18.8. The van der Waals surface area contributed by atoms with Crippen molar-refractivity contribution in [3.8, 4) is 0 Å². The third-order valence-electron chi connectivity index (χ3n) is 4.60. The van der Waals surface area contributed by atoms with E-state index in [-0.39, 0.29) is 10.6 Å². The normalized spacial score (nSPS) is 15.5. The van der Waals surface area contributed by atoms with Gasteiger partial charge in [0.25, 0.3) is 5.69 Å². The van der Waals surface area contributed by atoms with Gasteiger partial charge in [0.05, 0.1) is 16.8 Å². The Kier molecular flexibility index (Phi) is 5.25. The van der Waals surface area contributed by atoms with Crippen LogP contribution in [-0.4, -0.2) is 28.2 Å². The second kappa shape index (κ2) is 7.57. The smallest absolute Gasteiger partial charge is 0.269 e. The molecule has 0 spiro atoms. The summed E-state index contributed by atoms with van der Waals surface area (Å²) >= 11 is 6.11. The summed E-state index contributed by atoms with van der Waals surface area (Å²) in [7, 11) is 0. The van der Waals surface area contributed by atoms with Crippen LogP contribution in [0.3, 0.4) is 0 Å². The standard InChI is InChI=1S/C17H19ClN4O2/c18-17-16(7-10-19-20-17)21-11-8-14(9-12-21)2-1-13-3-5-15(6-4-13)22(23)24/h3-7,10,14H,1-2,8-9,11-12H2. The Balaban J connectivity index is 1.49. The minimum absolute atomic E-state index is 0.148. The number of nitro groups is 1. The number of hydrogen-bond donors (Lipinski definition) is 0. The van der Waals surface area contributed by atoms with Crippen LogP contribution in [0, 0.1) is 16.0 Å². The molecule has 24 heavy (non-hydrogen) atoms. The maximum atomic E-state index is 10.7. The minimum Gasteiger partial charge on any atom is -0.369 e. The van der Waals surface area contributed by atoms with Crippen LogP contribution in [0.25, 0.3) is 0 Å². The van der Waals surface area contributed by atoms with Gasteiger partial charge in [0, 0.05) is 25.2 Å². The molecule has 1 aliphatic rings. The van der Waals surface area contributed by atoms with Crippen molar-refractivity contribution >= 4 is 23.0 Å². The molecule has 126 valence electrons. The van der Waals surface area contributed by atoms with E-state index in [4.69, 9.17) is 11.6 Å². The molecule has 0 amide bonds. The molecule has 0 radical (unpaired) electrons. The number of aryl methyl sites for hydroxylation is 1. The number of halogens is 1. The number of nitro benzene ring substituents is 1. The molecule has 0 bridgehead atoms. The Morgan fingerprint density at radius 1 is 1.21 bits per heavy atom. The molecule has 0 unspecified atom stereocenters. The first kappa shape index (κ1) is 16.6. The Morgan fingerprint density at radius 2 is 1.92 bits per heavy atom. The summed E-state index contributed by atoms with van der Waals surface area (Å²) < 4.78 is 0. The third kappa shape index (κ3) is 4.00. The minimum atomic E-state index is -0.363. The van der Waals surface area contributed by atoms with Crippen molar-refractivity contribution in [2.45, 2.75) is 25.7 Å². The van der Waals surface area contributed by atoms with Gasteiger partial charge in [-0.1, -0.05) is 23.7 Å². The van der Waals surface area contributed by atoms with Gasteiger partial charge in [-0.25, -0.2) is 0 Å². The quantitative estimate of drug-likeness (QED) is 0.606. The Hall–Kier alpha value is -2.21. The van der Waals surface area contributed by atoms with Crippen LogP contribution in [0.5, 0.6) is 0 Å². The SMILES string of the molecule is O=[N+]([O-])c1ccc(CCC2CCN(c3ccnnc3Cl)CC2)cc1. The van der Waals surface area contributed by atoms with Crippen LogP contribution in [0.4, 0.5) is 11.4 Å². The van der Waals surface area contributed by atoms with Gasteiger partial charge in [-0.05, 0) is 43.2 Å². The topological polar surface area (TPSA) is 72.2 Å². The number of aromatic nitrogens is 2. The number of benzene rings is 1. The van der Waals surface area contributed by atoms with Gasteiger partial charge in [0.2, 0.25) is 0 Å². The first-order chi connectivity index (χ1) is 11.6. The van der Waals surface area contributed by atoms with E-state index >= 15 is 0 Å². The van der Waals surface area contributed by atoms with Gasteiger partial charge in [0.15, 0.2) is 5.15 Å². The summed E-state index contributed by atoms with van der Waals surface area (Å²) in [5.41, 5.74) is 2.26. The molecule has 0 saturated carbocycles. The van der Waals surface area contributed by atoms with Crippen molar-refractivity contribution in [2.75, 3.05) is 18.0 Å². The summed E-state index contributed by atoms with van der Waals surface area (Å²) in [6, 6.07) is 8.78. The van der Waals surface area contributed by atoms with Crippen molar-refractivity contribution in [1.82, 2.24) is 10.2 Å². The number of hydrogen-bond acceptors (Lipinski definition) is 5. The third-order valence-corrected chi connectivity index (χ3v) is 4.87. The molecule has 2 aromatic rings. The highest BCUT2D eigenvalue weighted by Crippen LogP contribution is 2.29. The lowest BCUT2D eigenvalue weighted by atomic mass is 9.90. The molecule has 0 N–H and O–H groups in total. The first-order valence-corrected chi connectivity index (χ1v) is 8.47. The fourth-order valence-corrected chi connectivity index (χ4v) is 3.39. The molecule has 1 aromatic carbocycles. The van der Waals surface area contributed by atoms with Gasteiger partial charge in [-0.3, -0.25) is 10.1 Å². The number of anilines is 1. The number of nitrogens with zero attached hydrogens (tertiary/aromatic N) is 4. The highest BCUT2D eigenvalue weighted by atomic mass is 35.5. The molecule has 0 atom stereocenters. The van der Waals surface area contributed by atoms with Crippen molar-refractivity contribution < 1.29 is 4.92 Å². The molecule has 1 aliphatic heterocycles. The predicted molar refractivity (Wildman–Crippen MR) is 93.4 cm³/mol. The molecule has 0 aliphatic carbocycles. The van der Waals surface area contributed by atoms with E-state index in [0.29, 0.717) is 11.1 Å². The van der Waals surface area contributed by atoms with E-state index in [1.165, 1.54) is 0 Å². The predicted octanol–water partition coefficient (Wildman–Crippen LogP) is 3.89. The lowest BCUT2D eigenvalue weighted by Gasteiger charge is -2.33. The van der Waals surface area contributed by atoms with Crippen LogP contribution in [0.2, 0.25) is 5.15 Å². The lowest BCUT2D eigenvalue weighted by Crippen LogP contribution is -2.34. The molecule has 1 aromatic heterocycles. The van der Waals surface area contributed by atoms with E-state index in [0.717, 1.165) is 50.0 Å². The van der Waals surface area contributed by atoms with Crippen LogP contribution in [-0.2, 0) is 6.42 Å². The summed E-state index contributed by atoms with van der Waals surface area (Å²) in [6.45, 7) is 1.94. The Labute approximate surface area is 145 Å². The summed E-state index contributed by atoms with van der Waals surface area (Å²) in [6.07, 6.45) is 5.97. The van der Waals surface area contributed by atoms with Crippen LogP contribution >= 0.6 is 11.6 Å². The maximum Gasteiger partial charge on any atom is 0.269 e. The van der Waals surface area contributed by atoms with Gasteiger partial charge in [-0.15, -0.1) is 5.10 Å². The highest BCUT2D eigenvalue weighted by molar-refractivity contribution is 6.31. The van der Waals surface area contributed by atoms with Crippen molar-refractivity contribution in [2.24, 2.45) is 5.92 Å². The average molecular weight is 347 g/mol. The zero-order valence-corrected chi connectivity index (χ0v) is 14.0. The number of non-ortho nitro benzene ring substituents is 1.